The van der Waals surface area contributed by atoms with Gasteiger partial charge < -0.3 is 9.64 Å². The van der Waals surface area contributed by atoms with Crippen LogP contribution in [0.25, 0.3) is 0 Å². The van der Waals surface area contributed by atoms with Gasteiger partial charge in [0, 0.05) is 50.9 Å². The number of ether oxygens (including phenoxy) is 1. The van der Waals surface area contributed by atoms with Gasteiger partial charge in [0.25, 0.3) is 0 Å². The predicted octanol–water partition coefficient (Wildman–Crippen LogP) is 1.85. The van der Waals surface area contributed by atoms with Gasteiger partial charge in [-0.2, -0.15) is 0 Å². The Morgan fingerprint density at radius 1 is 1.67 bits per heavy atom. The third-order valence-corrected chi connectivity index (χ3v) is 4.48. The maximum atomic E-state index is 11.0. The lowest BCUT2D eigenvalue weighted by Crippen LogP contribution is -2.45. The monoisotopic (exact) mass is 383 g/mol. The molecule has 0 bridgehead atoms. The molecule has 2 aliphatic heterocycles. The lowest BCUT2D eigenvalue weighted by atomic mass is 10.1. The normalized spacial score (nSPS) is 28.6. The quantitative estimate of drug-likeness (QED) is 0.321. The molecule has 0 radical (unpaired) electrons. The van der Waals surface area contributed by atoms with Crippen LogP contribution in [-0.4, -0.2) is 51.4 Å². The molecule has 2 heterocycles. The number of hydrogen-bond donors (Lipinski definition) is 0. The van der Waals surface area contributed by atoms with Crippen LogP contribution in [0.4, 0.5) is 0 Å². The number of alkyl halides is 2. The molecule has 0 aromatic heterocycles. The molecule has 1 fully saturated rings. The number of amidine groups is 1. The number of rotatable bonds is 4. The molecular weight excluding hydrogens is 370 g/mol. The van der Waals surface area contributed by atoms with Crippen molar-refractivity contribution in [2.24, 2.45) is 10.9 Å². The average molecular weight is 385 g/mol. The summed E-state index contributed by atoms with van der Waals surface area (Å²) in [6.45, 7) is 4.87. The minimum atomic E-state index is -1.47. The minimum Gasteiger partial charge on any atom is -0.378 e. The van der Waals surface area contributed by atoms with Gasteiger partial charge in [0.2, 0.25) is 5.84 Å². The van der Waals surface area contributed by atoms with Crippen LogP contribution < -0.4 is 0 Å². The standard InChI is InChI=1S/C10H15Br2N3O3/c1-7-4-8(6-18-7)5-14-3-2-13-9(14)10(11,12)15(16)17/h7-8H,2-6H2,1H3. The van der Waals surface area contributed by atoms with Crippen LogP contribution in [0, 0.1) is 16.0 Å². The molecular formula is C10H15Br2N3O3. The molecule has 2 rings (SSSR count). The van der Waals surface area contributed by atoms with Crippen molar-refractivity contribution < 1.29 is 9.66 Å². The van der Waals surface area contributed by atoms with Crippen LogP contribution in [-0.2, 0) is 4.74 Å². The van der Waals surface area contributed by atoms with Gasteiger partial charge in [0.05, 0.1) is 24.2 Å². The maximum absolute atomic E-state index is 11.0. The molecule has 0 N–H and O–H groups in total. The molecule has 18 heavy (non-hydrogen) atoms. The van der Waals surface area contributed by atoms with Crippen molar-refractivity contribution in [2.45, 2.75) is 22.8 Å². The van der Waals surface area contributed by atoms with E-state index in [4.69, 9.17) is 4.74 Å². The Balaban J connectivity index is 2.01. The zero-order chi connectivity index (χ0) is 13.3. The predicted molar refractivity (Wildman–Crippen MR) is 75.0 cm³/mol. The van der Waals surface area contributed by atoms with E-state index in [1.807, 2.05) is 4.90 Å². The summed E-state index contributed by atoms with van der Waals surface area (Å²) < 4.78 is 4.05. The molecule has 0 amide bonds. The first-order valence-electron chi connectivity index (χ1n) is 5.85. The van der Waals surface area contributed by atoms with Crippen LogP contribution in [0.5, 0.6) is 0 Å². The third-order valence-electron chi connectivity index (χ3n) is 3.19. The van der Waals surface area contributed by atoms with Gasteiger partial charge in [-0.25, -0.2) is 0 Å². The first-order valence-corrected chi connectivity index (χ1v) is 7.43. The molecule has 0 saturated carbocycles. The van der Waals surface area contributed by atoms with E-state index in [0.717, 1.165) is 26.1 Å². The Morgan fingerprint density at radius 2 is 2.39 bits per heavy atom. The molecule has 0 aliphatic carbocycles. The molecule has 2 unspecified atom stereocenters. The number of hydrogen-bond acceptors (Lipinski definition) is 5. The van der Waals surface area contributed by atoms with E-state index in [1.165, 1.54) is 0 Å². The van der Waals surface area contributed by atoms with Gasteiger partial charge in [-0.05, 0) is 13.3 Å². The van der Waals surface area contributed by atoms with E-state index in [1.54, 1.807) is 0 Å². The van der Waals surface area contributed by atoms with Crippen LogP contribution in [0.15, 0.2) is 4.99 Å². The number of nitro groups is 1. The third kappa shape index (κ3) is 2.85. The first-order chi connectivity index (χ1) is 8.41. The smallest absolute Gasteiger partial charge is 0.378 e. The fourth-order valence-corrected chi connectivity index (χ4v) is 3.12. The highest BCUT2D eigenvalue weighted by Gasteiger charge is 2.47. The summed E-state index contributed by atoms with van der Waals surface area (Å²) in [5.41, 5.74) is 0. The second-order valence-corrected chi connectivity index (χ2v) is 8.05. The highest BCUT2D eigenvalue weighted by Crippen LogP contribution is 2.33. The molecule has 1 saturated heterocycles. The van der Waals surface area contributed by atoms with Gasteiger partial charge in [0.1, 0.15) is 0 Å². The Kier molecular flexibility index (Phi) is 4.28. The number of halogens is 2. The summed E-state index contributed by atoms with van der Waals surface area (Å²) >= 11 is 6.18. The van der Waals surface area contributed by atoms with Crippen molar-refractivity contribution in [3.63, 3.8) is 0 Å². The van der Waals surface area contributed by atoms with E-state index in [9.17, 15) is 10.1 Å². The fraction of sp³-hybridized carbons (Fsp3) is 0.900. The molecule has 2 atom stereocenters. The molecule has 0 aromatic carbocycles. The molecule has 0 aromatic rings. The summed E-state index contributed by atoms with van der Waals surface area (Å²) in [7, 11) is 0. The highest BCUT2D eigenvalue weighted by molar-refractivity contribution is 9.25. The highest BCUT2D eigenvalue weighted by atomic mass is 79.9. The van der Waals surface area contributed by atoms with Crippen molar-refractivity contribution in [1.82, 2.24) is 4.90 Å². The maximum Gasteiger partial charge on any atom is 0.382 e. The van der Waals surface area contributed by atoms with Gasteiger partial charge in [0.15, 0.2) is 0 Å². The molecule has 8 heteroatoms. The van der Waals surface area contributed by atoms with Crippen LogP contribution in [0.1, 0.15) is 13.3 Å². The Hall–Kier alpha value is -0.210. The summed E-state index contributed by atoms with van der Waals surface area (Å²) in [5.74, 6) is 0.873. The molecule has 6 nitrogen and oxygen atoms in total. The van der Waals surface area contributed by atoms with Crippen molar-refractivity contribution in [3.8, 4) is 0 Å². The lowest BCUT2D eigenvalue weighted by molar-refractivity contribution is -0.486. The van der Waals surface area contributed by atoms with Crippen molar-refractivity contribution in [3.05, 3.63) is 10.1 Å². The van der Waals surface area contributed by atoms with E-state index in [-0.39, 0.29) is 6.10 Å². The zero-order valence-electron chi connectivity index (χ0n) is 10.0. The average Bonchev–Trinajstić information content (AvgIpc) is 2.88. The van der Waals surface area contributed by atoms with Crippen molar-refractivity contribution in [2.75, 3.05) is 26.2 Å². The van der Waals surface area contributed by atoms with Gasteiger partial charge >= 0.3 is 3.36 Å². The Morgan fingerprint density at radius 3 is 2.94 bits per heavy atom. The second kappa shape index (κ2) is 5.42. The first kappa shape index (κ1) is 14.2. The van der Waals surface area contributed by atoms with Gasteiger partial charge in [-0.15, -0.1) is 0 Å². The van der Waals surface area contributed by atoms with E-state index >= 15 is 0 Å². The SMILES string of the molecule is CC1CC(CN2CCN=C2C(Br)(Br)[N+](=O)[O-])CO1. The largest absolute Gasteiger partial charge is 0.382 e. The Bertz CT molecular complexity index is 375. The summed E-state index contributed by atoms with van der Waals surface area (Å²) in [6.07, 6.45) is 1.28. The van der Waals surface area contributed by atoms with E-state index in [0.29, 0.717) is 18.3 Å². The molecule has 0 spiro atoms. The van der Waals surface area contributed by atoms with Gasteiger partial charge in [-0.3, -0.25) is 15.1 Å². The van der Waals surface area contributed by atoms with E-state index < -0.39 is 8.28 Å². The van der Waals surface area contributed by atoms with Crippen LogP contribution in [0.2, 0.25) is 0 Å². The number of nitrogens with zero attached hydrogens (tertiary/aromatic N) is 3. The summed E-state index contributed by atoms with van der Waals surface area (Å²) in [4.78, 5) is 16.8. The Labute approximate surface area is 122 Å². The minimum absolute atomic E-state index is 0.284. The van der Waals surface area contributed by atoms with Crippen molar-refractivity contribution in [1.29, 1.82) is 0 Å². The van der Waals surface area contributed by atoms with Gasteiger partial charge in [-0.1, -0.05) is 0 Å². The van der Waals surface area contributed by atoms with Crippen LogP contribution >= 0.6 is 31.9 Å². The van der Waals surface area contributed by atoms with E-state index in [2.05, 4.69) is 43.8 Å². The number of aliphatic imine (C=N–C) groups is 1. The summed E-state index contributed by atoms with van der Waals surface area (Å²) in [6, 6.07) is 0. The zero-order valence-corrected chi connectivity index (χ0v) is 13.2. The molecule has 102 valence electrons. The fourth-order valence-electron chi connectivity index (χ4n) is 2.37. The van der Waals surface area contributed by atoms with Crippen molar-refractivity contribution >= 4 is 37.7 Å². The van der Waals surface area contributed by atoms with Crippen LogP contribution in [0.3, 0.4) is 0 Å². The topological polar surface area (TPSA) is 68.0 Å². The second-order valence-electron chi connectivity index (χ2n) is 4.70. The molecule has 2 aliphatic rings. The summed E-state index contributed by atoms with van der Waals surface area (Å²) in [5, 5.41) is 11.0. The lowest BCUT2D eigenvalue weighted by Gasteiger charge is -2.25.